The zero-order chi connectivity index (χ0) is 19.4. The molecule has 0 saturated carbocycles. The fourth-order valence-electron chi connectivity index (χ4n) is 2.94. The third kappa shape index (κ3) is 4.46. The van der Waals surface area contributed by atoms with Gasteiger partial charge in [-0.2, -0.15) is 0 Å². The number of benzene rings is 3. The van der Waals surface area contributed by atoms with Crippen LogP contribution in [0.15, 0.2) is 42.5 Å². The Kier molecular flexibility index (Phi) is 6.08. The Morgan fingerprint density at radius 2 is 1.63 bits per heavy atom. The molecule has 0 radical (unpaired) electrons. The summed E-state index contributed by atoms with van der Waals surface area (Å²) in [6, 6.07) is 11.1. The first kappa shape index (κ1) is 19.3. The number of aryl methyl sites for hydroxylation is 1. The third-order valence-electron chi connectivity index (χ3n) is 4.41. The monoisotopic (exact) mass is 386 g/mol. The highest BCUT2D eigenvalue weighted by atomic mass is 35.5. The molecule has 0 aliphatic rings. The lowest BCUT2D eigenvalue weighted by Crippen LogP contribution is -1.90. The van der Waals surface area contributed by atoms with Crippen molar-refractivity contribution in [2.75, 3.05) is 0 Å². The van der Waals surface area contributed by atoms with Crippen LogP contribution in [0.5, 0.6) is 0 Å². The van der Waals surface area contributed by atoms with E-state index in [9.17, 15) is 13.2 Å². The number of unbranched alkanes of at least 4 members (excludes halogenated alkanes) is 2. The smallest absolute Gasteiger partial charge is 0.146 e. The second-order valence-corrected chi connectivity index (χ2v) is 6.82. The normalized spacial score (nSPS) is 10.7. The molecule has 3 aromatic carbocycles. The van der Waals surface area contributed by atoms with Gasteiger partial charge < -0.3 is 0 Å². The predicted octanol–water partition coefficient (Wildman–Crippen LogP) is 7.04. The number of hydrogen-bond acceptors (Lipinski definition) is 0. The van der Waals surface area contributed by atoms with Crippen LogP contribution >= 0.6 is 11.6 Å². The lowest BCUT2D eigenvalue weighted by Gasteiger charge is -2.06. The highest BCUT2D eigenvalue weighted by Gasteiger charge is 2.09. The molecule has 0 fully saturated rings. The lowest BCUT2D eigenvalue weighted by atomic mass is 10.0. The molecule has 0 unspecified atom stereocenters. The van der Waals surface area contributed by atoms with Gasteiger partial charge in [-0.25, -0.2) is 13.2 Å². The first-order valence-corrected chi connectivity index (χ1v) is 9.25. The van der Waals surface area contributed by atoms with Gasteiger partial charge in [-0.15, -0.1) is 0 Å². The predicted molar refractivity (Wildman–Crippen MR) is 104 cm³/mol. The fourth-order valence-corrected chi connectivity index (χ4v) is 3.05. The summed E-state index contributed by atoms with van der Waals surface area (Å²) in [5.74, 6) is 3.02. The molecule has 0 aliphatic carbocycles. The van der Waals surface area contributed by atoms with Crippen molar-refractivity contribution in [1.82, 2.24) is 0 Å². The van der Waals surface area contributed by atoms with Gasteiger partial charge in [-0.3, -0.25) is 0 Å². The summed E-state index contributed by atoms with van der Waals surface area (Å²) in [7, 11) is 0. The summed E-state index contributed by atoms with van der Waals surface area (Å²) in [5.41, 5.74) is 1.46. The van der Waals surface area contributed by atoms with Crippen molar-refractivity contribution in [2.45, 2.75) is 32.6 Å². The molecule has 0 atom stereocenters. The van der Waals surface area contributed by atoms with Crippen molar-refractivity contribution in [3.05, 3.63) is 81.6 Å². The fraction of sp³-hybridized carbons (Fsp3) is 0.217. The summed E-state index contributed by atoms with van der Waals surface area (Å²) in [5, 5.41) is 0.720. The van der Waals surface area contributed by atoms with E-state index in [1.807, 2.05) is 18.2 Å². The van der Waals surface area contributed by atoms with Crippen LogP contribution < -0.4 is 0 Å². The van der Waals surface area contributed by atoms with Crippen LogP contribution in [-0.4, -0.2) is 0 Å². The first-order valence-electron chi connectivity index (χ1n) is 8.87. The molecule has 0 aliphatic heterocycles. The Labute approximate surface area is 162 Å². The number of hydrogen-bond donors (Lipinski definition) is 0. The Morgan fingerprint density at radius 3 is 2.33 bits per heavy atom. The second kappa shape index (κ2) is 8.50. The van der Waals surface area contributed by atoms with Gasteiger partial charge in [0.2, 0.25) is 0 Å². The number of rotatable bonds is 4. The molecule has 138 valence electrons. The minimum Gasteiger partial charge on any atom is -0.205 e. The summed E-state index contributed by atoms with van der Waals surface area (Å²) in [6.45, 7) is 2.16. The lowest BCUT2D eigenvalue weighted by molar-refractivity contribution is 0.583. The summed E-state index contributed by atoms with van der Waals surface area (Å²) < 4.78 is 41.7. The molecule has 0 aromatic heterocycles. The van der Waals surface area contributed by atoms with Gasteiger partial charge in [0.05, 0.1) is 5.56 Å². The van der Waals surface area contributed by atoms with Crippen molar-refractivity contribution < 1.29 is 13.2 Å². The third-order valence-corrected chi connectivity index (χ3v) is 4.77. The van der Waals surface area contributed by atoms with E-state index in [-0.39, 0.29) is 11.1 Å². The van der Waals surface area contributed by atoms with Crippen molar-refractivity contribution in [2.24, 2.45) is 0 Å². The van der Waals surface area contributed by atoms with E-state index in [1.165, 1.54) is 12.0 Å². The Hall–Kier alpha value is -2.44. The van der Waals surface area contributed by atoms with Crippen LogP contribution in [0.2, 0.25) is 5.02 Å². The average Bonchev–Trinajstić information content (AvgIpc) is 2.65. The first-order chi connectivity index (χ1) is 13.0. The van der Waals surface area contributed by atoms with Crippen LogP contribution in [0.1, 0.15) is 42.9 Å². The molecule has 0 spiro atoms. The van der Waals surface area contributed by atoms with Crippen LogP contribution in [0, 0.1) is 29.3 Å². The molecule has 0 bridgehead atoms. The van der Waals surface area contributed by atoms with Crippen molar-refractivity contribution in [1.29, 1.82) is 0 Å². The Balaban J connectivity index is 1.91. The highest BCUT2D eigenvalue weighted by molar-refractivity contribution is 6.30. The van der Waals surface area contributed by atoms with Crippen molar-refractivity contribution in [3.8, 4) is 11.8 Å². The molecule has 3 aromatic rings. The molecular weight excluding hydrogens is 369 g/mol. The summed E-state index contributed by atoms with van der Waals surface area (Å²) >= 11 is 5.45. The standard InChI is InChI=1S/C23H18ClF3/c1-2-3-4-5-15-7-11-19-18(12-15)10-9-17(23(19)27)8-6-16-13-20(25)22(24)21(26)14-16/h7,9-14H,2-5H2,1H3. The number of halogens is 4. The van der Waals surface area contributed by atoms with Gasteiger partial charge in [0, 0.05) is 10.9 Å². The van der Waals surface area contributed by atoms with E-state index < -0.39 is 22.5 Å². The van der Waals surface area contributed by atoms with E-state index >= 15 is 0 Å². The van der Waals surface area contributed by atoms with Crippen LogP contribution in [-0.2, 0) is 6.42 Å². The van der Waals surface area contributed by atoms with Gasteiger partial charge in [0.25, 0.3) is 0 Å². The molecular formula is C23H18ClF3. The SMILES string of the molecule is CCCCCc1ccc2c(F)c(C#Cc3cc(F)c(Cl)c(F)c3)ccc2c1. The van der Waals surface area contributed by atoms with Gasteiger partial charge >= 0.3 is 0 Å². The summed E-state index contributed by atoms with van der Waals surface area (Å²) in [4.78, 5) is 0. The molecule has 4 heteroatoms. The zero-order valence-corrected chi connectivity index (χ0v) is 15.6. The minimum absolute atomic E-state index is 0.0974. The minimum atomic E-state index is -0.893. The zero-order valence-electron chi connectivity index (χ0n) is 14.9. The van der Waals surface area contributed by atoms with Gasteiger partial charge in [-0.1, -0.05) is 67.5 Å². The van der Waals surface area contributed by atoms with E-state index in [0.717, 1.165) is 36.8 Å². The van der Waals surface area contributed by atoms with E-state index in [2.05, 4.69) is 18.8 Å². The maximum atomic E-state index is 14.8. The van der Waals surface area contributed by atoms with E-state index in [0.29, 0.717) is 5.39 Å². The van der Waals surface area contributed by atoms with Crippen LogP contribution in [0.3, 0.4) is 0 Å². The van der Waals surface area contributed by atoms with E-state index in [4.69, 9.17) is 11.6 Å². The molecule has 27 heavy (non-hydrogen) atoms. The van der Waals surface area contributed by atoms with Gasteiger partial charge in [0.15, 0.2) is 0 Å². The second-order valence-electron chi connectivity index (χ2n) is 6.44. The quantitative estimate of drug-likeness (QED) is 0.256. The molecule has 0 N–H and O–H groups in total. The Bertz CT molecular complexity index is 1020. The van der Waals surface area contributed by atoms with Crippen molar-refractivity contribution >= 4 is 22.4 Å². The molecule has 0 nitrogen and oxygen atoms in total. The van der Waals surface area contributed by atoms with E-state index in [1.54, 1.807) is 12.1 Å². The largest absolute Gasteiger partial charge is 0.205 e. The molecule has 0 heterocycles. The highest BCUT2D eigenvalue weighted by Crippen LogP contribution is 2.24. The van der Waals surface area contributed by atoms with Crippen molar-refractivity contribution in [3.63, 3.8) is 0 Å². The number of fused-ring (bicyclic) bond motifs is 1. The average molecular weight is 387 g/mol. The van der Waals surface area contributed by atoms with Crippen LogP contribution in [0.4, 0.5) is 13.2 Å². The molecule has 0 saturated heterocycles. The summed E-state index contributed by atoms with van der Waals surface area (Å²) in [6.07, 6.45) is 4.42. The topological polar surface area (TPSA) is 0 Å². The Morgan fingerprint density at radius 1 is 0.889 bits per heavy atom. The van der Waals surface area contributed by atoms with Gasteiger partial charge in [0.1, 0.15) is 22.5 Å². The van der Waals surface area contributed by atoms with Gasteiger partial charge in [-0.05, 0) is 42.0 Å². The van der Waals surface area contributed by atoms with Crippen LogP contribution in [0.25, 0.3) is 10.8 Å². The molecule has 0 amide bonds. The maximum Gasteiger partial charge on any atom is 0.146 e. The molecule has 3 rings (SSSR count). The maximum absolute atomic E-state index is 14.8.